The van der Waals surface area contributed by atoms with Crippen molar-refractivity contribution in [3.05, 3.63) is 12.2 Å². The summed E-state index contributed by atoms with van der Waals surface area (Å²) in [6, 6.07) is 0. The molecule has 0 aromatic rings. The molecule has 2 nitrogen and oxygen atoms in total. The lowest BCUT2D eigenvalue weighted by Crippen LogP contribution is -2.11. The largest absolute Gasteiger partial charge is 0.396 e. The molecule has 134 valence electrons. The van der Waals surface area contributed by atoms with Gasteiger partial charge in [-0.05, 0) is 37.0 Å². The van der Waals surface area contributed by atoms with Gasteiger partial charge in [0.1, 0.15) is 0 Å². The van der Waals surface area contributed by atoms with E-state index in [0.29, 0.717) is 17.9 Å². The molecular formula is C20H42O2. The van der Waals surface area contributed by atoms with Crippen LogP contribution in [-0.4, -0.2) is 23.4 Å². The second-order valence-corrected chi connectivity index (χ2v) is 7.59. The number of hydrogen-bond donors (Lipinski definition) is 2. The lowest BCUT2D eigenvalue weighted by Gasteiger charge is -2.22. The average Bonchev–Trinajstić information content (AvgIpc) is 2.41. The number of hydrogen-bond acceptors (Lipinski definition) is 2. The molecule has 1 atom stereocenters. The Kier molecular flexibility index (Phi) is 18.5. The smallest absolute Gasteiger partial charge is 0.0612 e. The highest BCUT2D eigenvalue weighted by Crippen LogP contribution is 2.25. The van der Waals surface area contributed by atoms with Crippen molar-refractivity contribution in [1.82, 2.24) is 0 Å². The first-order chi connectivity index (χ1) is 10.4. The zero-order valence-corrected chi connectivity index (χ0v) is 15.9. The minimum absolute atomic E-state index is 0.190. The van der Waals surface area contributed by atoms with Gasteiger partial charge >= 0.3 is 0 Å². The standard InChI is InChI=1S/C11H22O.C9H20O/c1-2-3-4-5-6-7-8-9-10-11-12;1-8(5-6-10)7-9(2,3)4/h9-10,12H,2-8,11H2,1H3;8,10H,5-7H2,1-4H3/b10-9+;/t;8-/m.1/s1. The summed E-state index contributed by atoms with van der Waals surface area (Å²) in [5, 5.41) is 17.1. The molecule has 0 saturated heterocycles. The molecule has 0 amide bonds. The maximum absolute atomic E-state index is 8.63. The molecule has 0 fully saturated rings. The summed E-state index contributed by atoms with van der Waals surface area (Å²) < 4.78 is 0. The van der Waals surface area contributed by atoms with Gasteiger partial charge in [0.25, 0.3) is 0 Å². The third kappa shape index (κ3) is 24.7. The Morgan fingerprint density at radius 2 is 1.50 bits per heavy atom. The van der Waals surface area contributed by atoms with Crippen LogP contribution in [0.5, 0.6) is 0 Å². The quantitative estimate of drug-likeness (QED) is 0.378. The molecule has 0 unspecified atom stereocenters. The second-order valence-electron chi connectivity index (χ2n) is 7.59. The van der Waals surface area contributed by atoms with E-state index in [-0.39, 0.29) is 6.61 Å². The zero-order chi connectivity index (χ0) is 17.3. The highest BCUT2D eigenvalue weighted by molar-refractivity contribution is 4.80. The Hall–Kier alpha value is -0.340. The Morgan fingerprint density at radius 1 is 0.909 bits per heavy atom. The lowest BCUT2D eigenvalue weighted by atomic mass is 9.84. The predicted octanol–water partition coefficient (Wildman–Crippen LogP) is 5.73. The van der Waals surface area contributed by atoms with Crippen molar-refractivity contribution >= 4 is 0 Å². The topological polar surface area (TPSA) is 40.5 Å². The Bertz CT molecular complexity index is 228. The maximum Gasteiger partial charge on any atom is 0.0612 e. The van der Waals surface area contributed by atoms with Gasteiger partial charge in [-0.2, -0.15) is 0 Å². The summed E-state index contributed by atoms with van der Waals surface area (Å²) in [5.41, 5.74) is 0.411. The van der Waals surface area contributed by atoms with Crippen LogP contribution in [0.1, 0.15) is 92.4 Å². The second kappa shape index (κ2) is 17.0. The van der Waals surface area contributed by atoms with Gasteiger partial charge in [0.2, 0.25) is 0 Å². The molecule has 2 N–H and O–H groups in total. The molecule has 0 bridgehead atoms. The number of allylic oxidation sites excluding steroid dienone is 1. The van der Waals surface area contributed by atoms with E-state index in [9.17, 15) is 0 Å². The van der Waals surface area contributed by atoms with Crippen molar-refractivity contribution in [2.75, 3.05) is 13.2 Å². The molecule has 0 aromatic heterocycles. The molecule has 0 aliphatic heterocycles. The fraction of sp³-hybridized carbons (Fsp3) is 0.900. The fourth-order valence-corrected chi connectivity index (χ4v) is 2.60. The van der Waals surface area contributed by atoms with Gasteiger partial charge in [0.15, 0.2) is 0 Å². The zero-order valence-electron chi connectivity index (χ0n) is 15.9. The van der Waals surface area contributed by atoms with E-state index in [1.54, 1.807) is 0 Å². The van der Waals surface area contributed by atoms with Crippen molar-refractivity contribution in [3.63, 3.8) is 0 Å². The average molecular weight is 315 g/mol. The van der Waals surface area contributed by atoms with Crippen LogP contribution in [0.4, 0.5) is 0 Å². The molecule has 0 rings (SSSR count). The first-order valence-electron chi connectivity index (χ1n) is 9.24. The maximum atomic E-state index is 8.63. The van der Waals surface area contributed by atoms with E-state index < -0.39 is 0 Å². The van der Waals surface area contributed by atoms with Crippen molar-refractivity contribution in [3.8, 4) is 0 Å². The Morgan fingerprint density at radius 3 is 2.00 bits per heavy atom. The Labute approximate surface area is 140 Å². The summed E-state index contributed by atoms with van der Waals surface area (Å²) in [6.07, 6.45) is 15.3. The Balaban J connectivity index is 0. The van der Waals surface area contributed by atoms with Crippen LogP contribution in [0.25, 0.3) is 0 Å². The number of aliphatic hydroxyl groups is 2. The summed E-state index contributed by atoms with van der Waals surface area (Å²) in [6.45, 7) is 11.7. The molecule has 0 heterocycles. The summed E-state index contributed by atoms with van der Waals surface area (Å²) in [4.78, 5) is 0. The van der Waals surface area contributed by atoms with Gasteiger partial charge in [-0.25, -0.2) is 0 Å². The van der Waals surface area contributed by atoms with E-state index in [1.165, 1.54) is 44.9 Å². The van der Waals surface area contributed by atoms with Gasteiger partial charge in [0.05, 0.1) is 6.61 Å². The van der Waals surface area contributed by atoms with E-state index >= 15 is 0 Å². The first-order valence-corrected chi connectivity index (χ1v) is 9.24. The highest BCUT2D eigenvalue weighted by atomic mass is 16.3. The molecule has 22 heavy (non-hydrogen) atoms. The van der Waals surface area contributed by atoms with Crippen LogP contribution in [0.3, 0.4) is 0 Å². The monoisotopic (exact) mass is 314 g/mol. The predicted molar refractivity (Wildman–Crippen MR) is 99.2 cm³/mol. The van der Waals surface area contributed by atoms with Crippen LogP contribution in [0.2, 0.25) is 0 Å². The molecule has 0 saturated carbocycles. The van der Waals surface area contributed by atoms with E-state index in [4.69, 9.17) is 10.2 Å². The molecule has 0 aliphatic carbocycles. The summed E-state index contributed by atoms with van der Waals surface area (Å²) >= 11 is 0. The van der Waals surface area contributed by atoms with Crippen molar-refractivity contribution in [2.24, 2.45) is 11.3 Å². The molecular weight excluding hydrogens is 272 g/mol. The number of rotatable bonds is 11. The van der Waals surface area contributed by atoms with E-state index in [2.05, 4.69) is 40.7 Å². The van der Waals surface area contributed by atoms with E-state index in [0.717, 1.165) is 12.8 Å². The SMILES string of the molecule is CCCCCCCC/C=C/CO.C[C@H](CCO)CC(C)(C)C. The van der Waals surface area contributed by atoms with Gasteiger partial charge in [-0.3, -0.25) is 0 Å². The molecule has 0 aliphatic rings. The molecule has 0 radical (unpaired) electrons. The van der Waals surface area contributed by atoms with Crippen molar-refractivity contribution < 1.29 is 10.2 Å². The fourth-order valence-electron chi connectivity index (χ4n) is 2.60. The number of aliphatic hydroxyl groups excluding tert-OH is 2. The van der Waals surface area contributed by atoms with Crippen molar-refractivity contribution in [1.29, 1.82) is 0 Å². The minimum atomic E-state index is 0.190. The third-order valence-electron chi connectivity index (χ3n) is 3.58. The van der Waals surface area contributed by atoms with Gasteiger partial charge < -0.3 is 10.2 Å². The van der Waals surface area contributed by atoms with Crippen molar-refractivity contribution in [2.45, 2.75) is 92.4 Å². The number of unbranched alkanes of at least 4 members (excludes halogenated alkanes) is 6. The summed E-state index contributed by atoms with van der Waals surface area (Å²) in [5.74, 6) is 0.657. The van der Waals surface area contributed by atoms with Gasteiger partial charge in [-0.15, -0.1) is 0 Å². The van der Waals surface area contributed by atoms with Crippen LogP contribution < -0.4 is 0 Å². The van der Waals surface area contributed by atoms with Gasteiger partial charge in [-0.1, -0.05) is 78.9 Å². The first kappa shape index (κ1) is 23.9. The minimum Gasteiger partial charge on any atom is -0.396 e. The van der Waals surface area contributed by atoms with E-state index in [1.807, 2.05) is 6.08 Å². The highest BCUT2D eigenvalue weighted by Gasteiger charge is 2.14. The normalized spacial score (nSPS) is 13.0. The molecule has 0 spiro atoms. The molecule has 2 heteroatoms. The lowest BCUT2D eigenvalue weighted by molar-refractivity contribution is 0.227. The third-order valence-corrected chi connectivity index (χ3v) is 3.58. The van der Waals surface area contributed by atoms with Crippen LogP contribution in [0, 0.1) is 11.3 Å². The van der Waals surface area contributed by atoms with Gasteiger partial charge in [0, 0.05) is 6.61 Å². The van der Waals surface area contributed by atoms with Crippen LogP contribution >= 0.6 is 0 Å². The molecule has 0 aromatic carbocycles. The van der Waals surface area contributed by atoms with Crippen LogP contribution in [0.15, 0.2) is 12.2 Å². The van der Waals surface area contributed by atoms with Crippen LogP contribution in [-0.2, 0) is 0 Å². The summed E-state index contributed by atoms with van der Waals surface area (Å²) in [7, 11) is 0.